The van der Waals surface area contributed by atoms with Crippen molar-refractivity contribution in [3.05, 3.63) is 52.6 Å². The van der Waals surface area contributed by atoms with Crippen molar-refractivity contribution < 1.29 is 9.53 Å². The molecule has 1 aliphatic heterocycles. The molecule has 3 rings (SSSR count). The highest BCUT2D eigenvalue weighted by Gasteiger charge is 2.42. The first-order valence-corrected chi connectivity index (χ1v) is 8.79. The van der Waals surface area contributed by atoms with Gasteiger partial charge in [0.1, 0.15) is 23.9 Å². The number of nitrogens with two attached hydrogens (primary N) is 1. The number of anilines is 1. The maximum atomic E-state index is 12.9. The molecule has 2 aliphatic rings. The Kier molecular flexibility index (Phi) is 4.68. The van der Waals surface area contributed by atoms with Crippen LogP contribution in [-0.2, 0) is 9.53 Å². The summed E-state index contributed by atoms with van der Waals surface area (Å²) in [6.07, 6.45) is 1.01. The fraction of sp³-hybridized carbons (Fsp3) is 0.381. The van der Waals surface area contributed by atoms with Crippen molar-refractivity contribution in [1.29, 1.82) is 10.5 Å². The van der Waals surface area contributed by atoms with Gasteiger partial charge in [-0.15, -0.1) is 0 Å². The molecule has 0 radical (unpaired) electrons. The molecule has 2 N–H and O–H groups in total. The van der Waals surface area contributed by atoms with Gasteiger partial charge in [-0.3, -0.25) is 4.79 Å². The first-order valence-electron chi connectivity index (χ1n) is 8.79. The molecule has 1 aliphatic carbocycles. The zero-order valence-electron chi connectivity index (χ0n) is 15.7. The molecule has 0 saturated carbocycles. The number of carbonyl (C=O) groups excluding carboxylic acids is 1. The lowest BCUT2D eigenvalue weighted by molar-refractivity contribution is -0.119. The molecule has 1 aromatic rings. The standard InChI is InChI=1S/C21H22N4O2/c1-21(2)10-16(26)19-17(11-21)27-20(24)15(12-23)18(19)13-4-6-14(7-5-13)25(3)9-8-22/h4-7,18H,9-11,24H2,1-3H3. The van der Waals surface area contributed by atoms with Gasteiger partial charge in [0, 0.05) is 31.1 Å². The minimum absolute atomic E-state index is 0.00262. The van der Waals surface area contributed by atoms with E-state index in [1.54, 1.807) is 0 Å². The van der Waals surface area contributed by atoms with Gasteiger partial charge in [-0.2, -0.15) is 10.5 Å². The summed E-state index contributed by atoms with van der Waals surface area (Å²) in [6.45, 7) is 4.31. The van der Waals surface area contributed by atoms with Crippen LogP contribution >= 0.6 is 0 Å². The highest BCUT2D eigenvalue weighted by atomic mass is 16.5. The van der Waals surface area contributed by atoms with Crippen LogP contribution in [0.25, 0.3) is 0 Å². The Morgan fingerprint density at radius 1 is 1.26 bits per heavy atom. The molecule has 0 bridgehead atoms. The molecule has 1 unspecified atom stereocenters. The molecule has 1 heterocycles. The molecule has 0 aromatic heterocycles. The van der Waals surface area contributed by atoms with E-state index in [9.17, 15) is 10.1 Å². The van der Waals surface area contributed by atoms with Crippen molar-refractivity contribution >= 4 is 11.5 Å². The lowest BCUT2D eigenvalue weighted by Crippen LogP contribution is -2.33. The molecule has 27 heavy (non-hydrogen) atoms. The smallest absolute Gasteiger partial charge is 0.205 e. The number of benzene rings is 1. The SMILES string of the molecule is CN(CC#N)c1ccc(C2C(C#N)=C(N)OC3=C2C(=O)CC(C)(C)C3)cc1. The van der Waals surface area contributed by atoms with Crippen LogP contribution in [0, 0.1) is 28.1 Å². The van der Waals surface area contributed by atoms with E-state index in [0.29, 0.717) is 24.2 Å². The molecule has 1 atom stereocenters. The molecule has 0 amide bonds. The average Bonchev–Trinajstić information content (AvgIpc) is 2.59. The Labute approximate surface area is 159 Å². The molecule has 1 aromatic carbocycles. The Morgan fingerprint density at radius 2 is 1.93 bits per heavy atom. The van der Waals surface area contributed by atoms with Crippen molar-refractivity contribution in [2.24, 2.45) is 11.1 Å². The second-order valence-electron chi connectivity index (χ2n) is 7.81. The molecule has 6 heteroatoms. The van der Waals surface area contributed by atoms with E-state index in [1.165, 1.54) is 0 Å². The number of Topliss-reactive ketones (excluding diaryl/α,β-unsaturated/α-hetero) is 1. The van der Waals surface area contributed by atoms with Crippen LogP contribution in [-0.4, -0.2) is 19.4 Å². The number of allylic oxidation sites excluding steroid dienone is 3. The normalized spacial score (nSPS) is 21.1. The summed E-state index contributed by atoms with van der Waals surface area (Å²) in [4.78, 5) is 14.7. The van der Waals surface area contributed by atoms with Crippen molar-refractivity contribution in [2.75, 3.05) is 18.5 Å². The third-order valence-electron chi connectivity index (χ3n) is 5.05. The van der Waals surface area contributed by atoms with E-state index in [2.05, 4.69) is 12.1 Å². The number of carbonyl (C=O) groups is 1. The molecular formula is C21H22N4O2. The van der Waals surface area contributed by atoms with Crippen LogP contribution in [0.1, 0.15) is 38.2 Å². The minimum atomic E-state index is -0.516. The first-order chi connectivity index (χ1) is 12.8. The van der Waals surface area contributed by atoms with E-state index >= 15 is 0 Å². The van der Waals surface area contributed by atoms with Gasteiger partial charge in [-0.05, 0) is 23.1 Å². The lowest BCUT2D eigenvalue weighted by atomic mass is 9.70. The number of ketones is 1. The van der Waals surface area contributed by atoms with Gasteiger partial charge in [0.2, 0.25) is 5.88 Å². The molecule has 6 nitrogen and oxygen atoms in total. The van der Waals surface area contributed by atoms with E-state index in [0.717, 1.165) is 11.3 Å². The van der Waals surface area contributed by atoms with E-state index in [4.69, 9.17) is 15.7 Å². The van der Waals surface area contributed by atoms with Crippen molar-refractivity contribution in [2.45, 2.75) is 32.6 Å². The maximum Gasteiger partial charge on any atom is 0.205 e. The number of nitriles is 2. The van der Waals surface area contributed by atoms with Crippen LogP contribution in [0.15, 0.2) is 47.1 Å². The third-order valence-corrected chi connectivity index (χ3v) is 5.05. The zero-order chi connectivity index (χ0) is 19.8. The van der Waals surface area contributed by atoms with Crippen molar-refractivity contribution in [1.82, 2.24) is 0 Å². The number of nitrogens with zero attached hydrogens (tertiary/aromatic N) is 3. The first kappa shape index (κ1) is 18.5. The number of ether oxygens (including phenoxy) is 1. The van der Waals surface area contributed by atoms with Gasteiger partial charge in [-0.1, -0.05) is 26.0 Å². The number of hydrogen-bond acceptors (Lipinski definition) is 6. The van der Waals surface area contributed by atoms with E-state index < -0.39 is 5.92 Å². The Hall–Kier alpha value is -3.25. The molecule has 0 fully saturated rings. The largest absolute Gasteiger partial charge is 0.444 e. The zero-order valence-corrected chi connectivity index (χ0v) is 15.7. The lowest BCUT2D eigenvalue weighted by Gasteiger charge is -2.37. The summed E-state index contributed by atoms with van der Waals surface area (Å²) >= 11 is 0. The predicted molar refractivity (Wildman–Crippen MR) is 101 cm³/mol. The monoisotopic (exact) mass is 362 g/mol. The quantitative estimate of drug-likeness (QED) is 0.829. The van der Waals surface area contributed by atoms with Crippen molar-refractivity contribution in [3.63, 3.8) is 0 Å². The van der Waals surface area contributed by atoms with Gasteiger partial charge in [-0.25, -0.2) is 0 Å². The minimum Gasteiger partial charge on any atom is -0.444 e. The van der Waals surface area contributed by atoms with Gasteiger partial charge < -0.3 is 15.4 Å². The highest BCUT2D eigenvalue weighted by molar-refractivity contribution is 6.00. The maximum absolute atomic E-state index is 12.9. The fourth-order valence-electron chi connectivity index (χ4n) is 3.74. The van der Waals surface area contributed by atoms with Gasteiger partial charge in [0.05, 0.1) is 12.0 Å². The molecular weight excluding hydrogens is 340 g/mol. The number of hydrogen-bond donors (Lipinski definition) is 1. The molecule has 138 valence electrons. The summed E-state index contributed by atoms with van der Waals surface area (Å²) in [6, 6.07) is 11.7. The second kappa shape index (κ2) is 6.81. The van der Waals surface area contributed by atoms with Gasteiger partial charge in [0.25, 0.3) is 0 Å². The fourth-order valence-corrected chi connectivity index (χ4v) is 3.74. The predicted octanol–water partition coefficient (Wildman–Crippen LogP) is 3.10. The summed E-state index contributed by atoms with van der Waals surface area (Å²) in [5.74, 6) is 0.121. The topological polar surface area (TPSA) is 103 Å². The van der Waals surface area contributed by atoms with Crippen LogP contribution in [0.3, 0.4) is 0 Å². The van der Waals surface area contributed by atoms with E-state index in [1.807, 2.05) is 50.1 Å². The average molecular weight is 362 g/mol. The Balaban J connectivity index is 2.06. The Bertz CT molecular complexity index is 926. The van der Waals surface area contributed by atoms with Crippen LogP contribution in [0.2, 0.25) is 0 Å². The summed E-state index contributed by atoms with van der Waals surface area (Å²) in [7, 11) is 1.83. The number of rotatable bonds is 3. The Morgan fingerprint density at radius 3 is 2.52 bits per heavy atom. The summed E-state index contributed by atoms with van der Waals surface area (Å²) < 4.78 is 5.69. The molecule has 0 spiro atoms. The highest BCUT2D eigenvalue weighted by Crippen LogP contribution is 2.47. The van der Waals surface area contributed by atoms with Crippen LogP contribution in [0.5, 0.6) is 0 Å². The summed E-state index contributed by atoms with van der Waals surface area (Å²) in [5, 5.41) is 18.5. The third kappa shape index (κ3) is 3.39. The molecule has 0 saturated heterocycles. The van der Waals surface area contributed by atoms with Crippen LogP contribution < -0.4 is 10.6 Å². The summed E-state index contributed by atoms with van der Waals surface area (Å²) in [5.41, 5.74) is 8.32. The van der Waals surface area contributed by atoms with Gasteiger partial charge in [0.15, 0.2) is 5.78 Å². The second-order valence-corrected chi connectivity index (χ2v) is 7.81. The van der Waals surface area contributed by atoms with E-state index in [-0.39, 0.29) is 29.2 Å². The van der Waals surface area contributed by atoms with Crippen LogP contribution in [0.4, 0.5) is 5.69 Å². The van der Waals surface area contributed by atoms with Crippen molar-refractivity contribution in [3.8, 4) is 12.1 Å². The van der Waals surface area contributed by atoms with Gasteiger partial charge >= 0.3 is 0 Å².